The Morgan fingerprint density at radius 3 is 1.94 bits per heavy atom. The van der Waals surface area contributed by atoms with Gasteiger partial charge in [0.1, 0.15) is 6.61 Å². The third-order valence-electron chi connectivity index (χ3n) is 6.18. The SMILES string of the molecule is C=CC[N+](C)(CCCCCCCCCCCCCC)CCCO[P+]([O-])(O)Oc1ccccc1. The number of rotatable bonds is 22. The normalized spacial score (nSPS) is 15.0. The summed E-state index contributed by atoms with van der Waals surface area (Å²) >= 11 is 0. The number of benzene rings is 1. The van der Waals surface area contributed by atoms with Crippen LogP contribution in [0.15, 0.2) is 43.0 Å². The molecule has 0 heterocycles. The van der Waals surface area contributed by atoms with Crippen LogP contribution in [-0.2, 0) is 4.52 Å². The van der Waals surface area contributed by atoms with Crippen LogP contribution < -0.4 is 9.42 Å². The monoisotopic (exact) mass is 482 g/mol. The Morgan fingerprint density at radius 2 is 1.39 bits per heavy atom. The van der Waals surface area contributed by atoms with Crippen LogP contribution >= 0.6 is 8.17 Å². The highest BCUT2D eigenvalue weighted by molar-refractivity contribution is 7.53. The summed E-state index contributed by atoms with van der Waals surface area (Å²) in [4.78, 5) is 22.0. The first-order valence-electron chi connectivity index (χ1n) is 13.1. The Labute approximate surface area is 204 Å². The lowest BCUT2D eigenvalue weighted by molar-refractivity contribution is -0.904. The van der Waals surface area contributed by atoms with Gasteiger partial charge in [-0.05, 0) is 31.1 Å². The molecule has 6 heteroatoms. The van der Waals surface area contributed by atoms with Crippen LogP contribution in [0.5, 0.6) is 5.75 Å². The second kappa shape index (κ2) is 18.4. The van der Waals surface area contributed by atoms with Gasteiger partial charge in [0.15, 0.2) is 5.75 Å². The minimum Gasteiger partial charge on any atom is -0.598 e. The Kier molecular flexibility index (Phi) is 16.7. The van der Waals surface area contributed by atoms with E-state index in [2.05, 4.69) is 20.6 Å². The van der Waals surface area contributed by atoms with Crippen molar-refractivity contribution in [3.8, 4) is 5.75 Å². The van der Waals surface area contributed by atoms with Gasteiger partial charge < -0.3 is 9.38 Å². The van der Waals surface area contributed by atoms with Crippen molar-refractivity contribution in [3.63, 3.8) is 0 Å². The van der Waals surface area contributed by atoms with E-state index >= 15 is 0 Å². The smallest absolute Gasteiger partial charge is 0.426 e. The zero-order valence-corrected chi connectivity index (χ0v) is 22.2. The van der Waals surface area contributed by atoms with Crippen LogP contribution in [0, 0.1) is 0 Å². The molecule has 0 aromatic heterocycles. The molecule has 1 aromatic carbocycles. The van der Waals surface area contributed by atoms with Crippen LogP contribution in [0.25, 0.3) is 0 Å². The van der Waals surface area contributed by atoms with Crippen molar-refractivity contribution in [1.29, 1.82) is 0 Å². The molecule has 1 rings (SSSR count). The average molecular weight is 483 g/mol. The van der Waals surface area contributed by atoms with Crippen molar-refractivity contribution in [2.45, 2.75) is 90.4 Å². The van der Waals surface area contributed by atoms with Crippen molar-refractivity contribution in [1.82, 2.24) is 0 Å². The fourth-order valence-corrected chi connectivity index (χ4v) is 5.01. The molecule has 0 amide bonds. The van der Waals surface area contributed by atoms with E-state index in [1.807, 2.05) is 12.1 Å². The summed E-state index contributed by atoms with van der Waals surface area (Å²) in [6.07, 6.45) is 18.9. The second-order valence-electron chi connectivity index (χ2n) is 9.49. The molecule has 0 radical (unpaired) electrons. The van der Waals surface area contributed by atoms with Crippen LogP contribution in [0.3, 0.4) is 0 Å². The van der Waals surface area contributed by atoms with Crippen molar-refractivity contribution in [2.24, 2.45) is 0 Å². The number of para-hydroxylation sites is 1. The number of likely N-dealkylation sites (N-methyl/N-ethyl adjacent to an activating group) is 1. The molecule has 0 saturated heterocycles. The van der Waals surface area contributed by atoms with Gasteiger partial charge in [0.05, 0.1) is 26.7 Å². The number of phosphoric acid groups is 1. The van der Waals surface area contributed by atoms with E-state index in [-0.39, 0.29) is 6.61 Å². The average Bonchev–Trinajstić information content (AvgIpc) is 2.78. The third-order valence-corrected chi connectivity index (χ3v) is 7.13. The molecule has 190 valence electrons. The Hall–Kier alpha value is -0.970. The number of quaternary nitrogens is 1. The first-order valence-corrected chi connectivity index (χ1v) is 14.6. The van der Waals surface area contributed by atoms with Crippen molar-refractivity contribution in [3.05, 3.63) is 43.0 Å². The Balaban J connectivity index is 2.13. The van der Waals surface area contributed by atoms with E-state index in [1.54, 1.807) is 24.3 Å². The van der Waals surface area contributed by atoms with Gasteiger partial charge in [-0.15, -0.1) is 0 Å². The van der Waals surface area contributed by atoms with E-state index in [9.17, 15) is 9.79 Å². The van der Waals surface area contributed by atoms with Crippen LogP contribution in [0.2, 0.25) is 0 Å². The lowest BCUT2D eigenvalue weighted by atomic mass is 10.1. The molecule has 0 bridgehead atoms. The molecular weight excluding hydrogens is 433 g/mol. The molecule has 2 atom stereocenters. The van der Waals surface area contributed by atoms with Crippen molar-refractivity contribution < 1.29 is 23.3 Å². The second-order valence-corrected chi connectivity index (χ2v) is 10.9. The standard InChI is InChI=1S/C27H48NO4P/c1-4-6-7-8-9-10-11-12-13-14-15-19-24-28(3,23-5-2)25-20-26-31-33(29,30)32-27-21-17-16-18-22-27/h5,16-18,21-22H,2,4,6-15,19-20,23-26H2,1,3H3/p+1. The molecule has 33 heavy (non-hydrogen) atoms. The highest BCUT2D eigenvalue weighted by atomic mass is 31.2. The maximum atomic E-state index is 12.1. The van der Waals surface area contributed by atoms with Gasteiger partial charge >= 0.3 is 8.17 Å². The van der Waals surface area contributed by atoms with E-state index in [0.29, 0.717) is 12.2 Å². The molecule has 0 aliphatic heterocycles. The predicted molar refractivity (Wildman–Crippen MR) is 139 cm³/mol. The summed E-state index contributed by atoms with van der Waals surface area (Å²) in [6, 6.07) is 8.61. The maximum absolute atomic E-state index is 12.1. The number of phosphoric ester groups is 1. The largest absolute Gasteiger partial charge is 0.598 e. The zero-order chi connectivity index (χ0) is 24.3. The molecule has 0 aliphatic carbocycles. The predicted octanol–water partition coefficient (Wildman–Crippen LogP) is 6.84. The first-order chi connectivity index (χ1) is 15.9. The van der Waals surface area contributed by atoms with Gasteiger partial charge in [-0.1, -0.05) is 95.9 Å². The summed E-state index contributed by atoms with van der Waals surface area (Å²) in [5, 5.41) is 0. The van der Waals surface area contributed by atoms with Gasteiger partial charge in [-0.25, -0.2) is 0 Å². The fraction of sp³-hybridized carbons (Fsp3) is 0.704. The highest BCUT2D eigenvalue weighted by Gasteiger charge is 2.29. The van der Waals surface area contributed by atoms with Crippen molar-refractivity contribution in [2.75, 3.05) is 33.3 Å². The molecule has 1 N–H and O–H groups in total. The number of unbranched alkanes of at least 4 members (excludes halogenated alkanes) is 11. The Morgan fingerprint density at radius 1 is 0.879 bits per heavy atom. The van der Waals surface area contributed by atoms with E-state index in [4.69, 9.17) is 9.05 Å². The van der Waals surface area contributed by atoms with E-state index < -0.39 is 8.17 Å². The molecule has 0 saturated carbocycles. The molecule has 1 aromatic rings. The zero-order valence-electron chi connectivity index (χ0n) is 21.3. The summed E-state index contributed by atoms with van der Waals surface area (Å²) in [5.74, 6) is 0.336. The van der Waals surface area contributed by atoms with Gasteiger partial charge in [-0.2, -0.15) is 9.42 Å². The van der Waals surface area contributed by atoms with Crippen LogP contribution in [-0.4, -0.2) is 42.7 Å². The van der Waals surface area contributed by atoms with Gasteiger partial charge in [-0.3, -0.25) is 4.52 Å². The first kappa shape index (κ1) is 30.1. The highest BCUT2D eigenvalue weighted by Crippen LogP contribution is 2.47. The molecule has 5 nitrogen and oxygen atoms in total. The van der Waals surface area contributed by atoms with Gasteiger partial charge in [0.25, 0.3) is 0 Å². The lowest BCUT2D eigenvalue weighted by Gasteiger charge is -2.34. The Bertz CT molecular complexity index is 599. The van der Waals surface area contributed by atoms with E-state index in [0.717, 1.165) is 24.1 Å². The molecule has 2 unspecified atom stereocenters. The quantitative estimate of drug-likeness (QED) is 0.0851. The maximum Gasteiger partial charge on any atom is 0.426 e. The van der Waals surface area contributed by atoms with E-state index in [1.165, 1.54) is 77.0 Å². The molecule has 0 aliphatic rings. The fourth-order valence-electron chi connectivity index (χ4n) is 4.21. The summed E-state index contributed by atoms with van der Waals surface area (Å²) in [7, 11) is -1.85. The topological polar surface area (TPSA) is 61.8 Å². The summed E-state index contributed by atoms with van der Waals surface area (Å²) < 4.78 is 11.2. The lowest BCUT2D eigenvalue weighted by Crippen LogP contribution is -2.46. The number of hydrogen-bond donors (Lipinski definition) is 1. The van der Waals surface area contributed by atoms with Gasteiger partial charge in [0.2, 0.25) is 0 Å². The van der Waals surface area contributed by atoms with Crippen molar-refractivity contribution >= 4 is 8.17 Å². The van der Waals surface area contributed by atoms with Crippen LogP contribution in [0.4, 0.5) is 0 Å². The molecule has 0 fully saturated rings. The summed E-state index contributed by atoms with van der Waals surface area (Å²) in [5.41, 5.74) is 0. The minimum atomic E-state index is -4.09. The van der Waals surface area contributed by atoms with Gasteiger partial charge in [0, 0.05) is 6.42 Å². The molecule has 0 spiro atoms. The summed E-state index contributed by atoms with van der Waals surface area (Å²) in [6.45, 7) is 9.27. The minimum absolute atomic E-state index is 0.198. The number of nitrogens with zero attached hydrogens (tertiary/aromatic N) is 1. The molecular formula is C27H49NO4P+. The number of hydrogen-bond acceptors (Lipinski definition) is 4. The third kappa shape index (κ3) is 16.3. The van der Waals surface area contributed by atoms with Crippen LogP contribution in [0.1, 0.15) is 90.4 Å².